The molecule has 334 valence electrons. The number of hydrogen-bond acceptors (Lipinski definition) is 12. The Hall–Kier alpha value is -5.53. The number of benzene rings is 1. The van der Waals surface area contributed by atoms with Crippen molar-refractivity contribution in [2.45, 2.75) is 95.0 Å². The third kappa shape index (κ3) is 8.49. The van der Waals surface area contributed by atoms with E-state index in [1.54, 1.807) is 28.0 Å². The zero-order valence-electron chi connectivity index (χ0n) is 35.1. The summed E-state index contributed by atoms with van der Waals surface area (Å²) < 4.78 is 43.5. The summed E-state index contributed by atoms with van der Waals surface area (Å²) in [4.78, 5) is 61.8. The Morgan fingerprint density at radius 3 is 2.59 bits per heavy atom. The van der Waals surface area contributed by atoms with Crippen LogP contribution >= 0.6 is 0 Å². The van der Waals surface area contributed by atoms with Gasteiger partial charge in [0, 0.05) is 68.4 Å². The van der Waals surface area contributed by atoms with Crippen LogP contribution in [0.4, 0.5) is 26.0 Å². The molecule has 19 heteroatoms. The number of nitrogens with zero attached hydrogens (tertiary/aromatic N) is 8. The number of ether oxygens (including phenoxy) is 2. The highest BCUT2D eigenvalue weighted by Crippen LogP contribution is 2.37. The van der Waals surface area contributed by atoms with E-state index in [9.17, 15) is 28.0 Å². The molecule has 1 unspecified atom stereocenters. The third-order valence-electron chi connectivity index (χ3n) is 13.9. The van der Waals surface area contributed by atoms with Crippen molar-refractivity contribution < 1.29 is 37.4 Å². The SMILES string of the molecule is O=C1CCC(N2Cc3c(NCCOCC4CCN(CC5CCC(n6cc(NC(=O)c7cnn8ccc(N9C[C@H]%10C[C@@H]9CO%10)nc78)c(C(F)F)n6)CC5)CC4)cccc3C2=O)C(=O)N1. The van der Waals surface area contributed by atoms with Gasteiger partial charge in [-0.1, -0.05) is 6.07 Å². The number of morpholine rings is 1. The number of rotatable bonds is 14. The summed E-state index contributed by atoms with van der Waals surface area (Å²) in [5.41, 5.74) is 2.41. The van der Waals surface area contributed by atoms with E-state index in [0.717, 1.165) is 88.2 Å². The fourth-order valence-electron chi connectivity index (χ4n) is 10.5. The Labute approximate surface area is 362 Å². The molecule has 3 N–H and O–H groups in total. The molecule has 0 radical (unpaired) electrons. The van der Waals surface area contributed by atoms with Gasteiger partial charge < -0.3 is 34.8 Å². The molecule has 1 aliphatic carbocycles. The van der Waals surface area contributed by atoms with Crippen LogP contribution in [0, 0.1) is 11.8 Å². The van der Waals surface area contributed by atoms with E-state index < -0.39 is 30.0 Å². The minimum atomic E-state index is -2.85. The quantitative estimate of drug-likeness (QED) is 0.120. The maximum Gasteiger partial charge on any atom is 0.284 e. The molecule has 4 aromatic rings. The number of nitrogens with one attached hydrogen (secondary N) is 3. The smallest absolute Gasteiger partial charge is 0.284 e. The molecule has 8 heterocycles. The monoisotopic (exact) mass is 869 g/mol. The average molecular weight is 870 g/mol. The highest BCUT2D eigenvalue weighted by atomic mass is 19.3. The molecule has 3 aromatic heterocycles. The van der Waals surface area contributed by atoms with Crippen molar-refractivity contribution in [2.75, 3.05) is 68.1 Å². The van der Waals surface area contributed by atoms with Gasteiger partial charge in [0.1, 0.15) is 17.4 Å². The van der Waals surface area contributed by atoms with Crippen LogP contribution < -0.4 is 20.9 Å². The summed E-state index contributed by atoms with van der Waals surface area (Å²) in [7, 11) is 0. The van der Waals surface area contributed by atoms with Crippen LogP contribution in [0.15, 0.2) is 42.9 Å². The van der Waals surface area contributed by atoms with Gasteiger partial charge in [-0.05, 0) is 94.5 Å². The second kappa shape index (κ2) is 17.6. The minimum absolute atomic E-state index is 0.00174. The predicted molar refractivity (Wildman–Crippen MR) is 226 cm³/mol. The van der Waals surface area contributed by atoms with Crippen LogP contribution in [-0.4, -0.2) is 129 Å². The van der Waals surface area contributed by atoms with E-state index in [1.807, 2.05) is 18.2 Å². The molecule has 4 saturated heterocycles. The lowest BCUT2D eigenvalue weighted by molar-refractivity contribution is -0.136. The lowest BCUT2D eigenvalue weighted by Crippen LogP contribution is -2.52. The van der Waals surface area contributed by atoms with Crippen molar-refractivity contribution in [2.24, 2.45) is 11.8 Å². The molecular weight excluding hydrogens is 817 g/mol. The highest BCUT2D eigenvalue weighted by molar-refractivity contribution is 6.08. The van der Waals surface area contributed by atoms with Crippen LogP contribution in [0.25, 0.3) is 5.65 Å². The molecular formula is C44H53F2N11O6. The third-order valence-corrected chi connectivity index (χ3v) is 13.9. The molecule has 0 spiro atoms. The van der Waals surface area contributed by atoms with Crippen LogP contribution in [-0.2, 0) is 25.6 Å². The van der Waals surface area contributed by atoms with Gasteiger partial charge in [0.25, 0.3) is 18.2 Å². The number of imide groups is 1. The van der Waals surface area contributed by atoms with Gasteiger partial charge in [-0.15, -0.1) is 0 Å². The standard InChI is InChI=1S/C44H53F2N11O6/c45-40(46)39-35(49-42(59)32-19-48-56-16-12-37(50-41(32)56)54-21-30-18-29(54)25-63-30)23-57(52-39)28-6-4-26(5-7-28)20-53-14-10-27(11-15-53)24-62-17-13-47-34-3-1-2-31-33(34)22-55(44(31)61)36-8-9-38(58)51-43(36)60/h1-3,12,16,19,23,26-30,36,40,47H,4-11,13-15,17-18,20-22,24-25H2,(H,49,59)(H,51,58,60)/t26?,28?,29-,30-,36?/m1/s1. The van der Waals surface area contributed by atoms with Gasteiger partial charge in [-0.25, -0.2) is 18.3 Å². The molecule has 6 aliphatic rings. The van der Waals surface area contributed by atoms with Gasteiger partial charge in [0.05, 0.1) is 43.3 Å². The fourth-order valence-corrected chi connectivity index (χ4v) is 10.5. The van der Waals surface area contributed by atoms with Gasteiger partial charge >= 0.3 is 0 Å². The molecule has 1 saturated carbocycles. The predicted octanol–water partition coefficient (Wildman–Crippen LogP) is 4.43. The van der Waals surface area contributed by atoms with Crippen LogP contribution in [0.5, 0.6) is 0 Å². The highest BCUT2D eigenvalue weighted by Gasteiger charge is 2.41. The number of alkyl halides is 2. The number of halogens is 2. The minimum Gasteiger partial charge on any atom is -0.382 e. The second-order valence-corrected chi connectivity index (χ2v) is 17.9. The maximum absolute atomic E-state index is 14.3. The summed E-state index contributed by atoms with van der Waals surface area (Å²) in [6.07, 6.45) is 9.27. The van der Waals surface area contributed by atoms with E-state index in [1.165, 1.54) is 10.7 Å². The zero-order valence-corrected chi connectivity index (χ0v) is 35.1. The van der Waals surface area contributed by atoms with Crippen molar-refractivity contribution in [3.05, 3.63) is 65.2 Å². The zero-order chi connectivity index (χ0) is 43.2. The summed E-state index contributed by atoms with van der Waals surface area (Å²) >= 11 is 0. The number of piperidine rings is 2. The van der Waals surface area contributed by atoms with Crippen molar-refractivity contribution in [1.82, 2.24) is 39.5 Å². The first-order valence-electron chi connectivity index (χ1n) is 22.4. The van der Waals surface area contributed by atoms with Crippen LogP contribution in [0.1, 0.15) is 102 Å². The van der Waals surface area contributed by atoms with Crippen molar-refractivity contribution >= 4 is 46.5 Å². The average Bonchev–Trinajstić information content (AvgIpc) is 4.14. The van der Waals surface area contributed by atoms with E-state index in [0.29, 0.717) is 62.4 Å². The summed E-state index contributed by atoms with van der Waals surface area (Å²) in [5.74, 6) is 0.264. The molecule has 5 aliphatic heterocycles. The van der Waals surface area contributed by atoms with E-state index >= 15 is 0 Å². The number of likely N-dealkylation sites (tertiary alicyclic amines) is 1. The molecule has 63 heavy (non-hydrogen) atoms. The number of fused-ring (bicyclic) bond motifs is 4. The fraction of sp³-hybridized carbons (Fsp3) is 0.568. The van der Waals surface area contributed by atoms with Gasteiger partial charge in [-0.2, -0.15) is 10.2 Å². The molecule has 10 rings (SSSR count). The summed E-state index contributed by atoms with van der Waals surface area (Å²) in [6.45, 7) is 6.54. The second-order valence-electron chi connectivity index (χ2n) is 17.9. The van der Waals surface area contributed by atoms with Crippen molar-refractivity contribution in [3.63, 3.8) is 0 Å². The Balaban J connectivity index is 0.653. The number of carbonyl (C=O) groups is 4. The number of hydrogen-bond donors (Lipinski definition) is 3. The van der Waals surface area contributed by atoms with Crippen molar-refractivity contribution in [3.8, 4) is 0 Å². The molecule has 1 aromatic carbocycles. The normalized spacial score (nSPS) is 25.4. The summed E-state index contributed by atoms with van der Waals surface area (Å²) in [5, 5.41) is 17.0. The molecule has 5 fully saturated rings. The molecule has 2 bridgehead atoms. The summed E-state index contributed by atoms with van der Waals surface area (Å²) in [6, 6.07) is 6.99. The van der Waals surface area contributed by atoms with E-state index in [2.05, 4.69) is 35.9 Å². The molecule has 17 nitrogen and oxygen atoms in total. The van der Waals surface area contributed by atoms with E-state index in [-0.39, 0.29) is 47.7 Å². The van der Waals surface area contributed by atoms with E-state index in [4.69, 9.17) is 14.5 Å². The van der Waals surface area contributed by atoms with Crippen LogP contribution in [0.2, 0.25) is 0 Å². The topological polar surface area (TPSA) is 181 Å². The first kappa shape index (κ1) is 41.5. The first-order chi connectivity index (χ1) is 30.6. The Morgan fingerprint density at radius 1 is 0.984 bits per heavy atom. The molecule has 4 amide bonds. The number of carbonyl (C=O) groups excluding carboxylic acids is 4. The van der Waals surface area contributed by atoms with Gasteiger partial charge in [-0.3, -0.25) is 29.2 Å². The molecule has 3 atom stereocenters. The number of amides is 4. The Morgan fingerprint density at radius 2 is 1.83 bits per heavy atom. The van der Waals surface area contributed by atoms with Crippen molar-refractivity contribution in [1.29, 1.82) is 0 Å². The van der Waals surface area contributed by atoms with Gasteiger partial charge in [0.15, 0.2) is 11.3 Å². The Bertz CT molecular complexity index is 2370. The van der Waals surface area contributed by atoms with Gasteiger partial charge in [0.2, 0.25) is 11.8 Å². The Kier molecular flexibility index (Phi) is 11.6. The lowest BCUT2D eigenvalue weighted by Gasteiger charge is -2.36. The van der Waals surface area contributed by atoms with Crippen LogP contribution in [0.3, 0.4) is 0 Å². The first-order valence-corrected chi connectivity index (χ1v) is 22.4. The number of anilines is 3. The number of aromatic nitrogens is 5. The largest absolute Gasteiger partial charge is 0.382 e. The lowest BCUT2D eigenvalue weighted by atomic mass is 9.85. The maximum atomic E-state index is 14.3.